The fourth-order valence-corrected chi connectivity index (χ4v) is 3.53. The Labute approximate surface area is 135 Å². The molecule has 2 aliphatic rings. The third-order valence-corrected chi connectivity index (χ3v) is 5.17. The van der Waals surface area contributed by atoms with E-state index in [1.54, 1.807) is 0 Å². The van der Waals surface area contributed by atoms with Crippen LogP contribution in [0.25, 0.3) is 0 Å². The Bertz CT molecular complexity index is 354. The largest absolute Gasteiger partial charge is 0.378 e. The zero-order chi connectivity index (χ0) is 16.0. The molecule has 0 radical (unpaired) electrons. The van der Waals surface area contributed by atoms with E-state index in [9.17, 15) is 4.79 Å². The van der Waals surface area contributed by atoms with Crippen LogP contribution in [0.5, 0.6) is 0 Å². The van der Waals surface area contributed by atoms with E-state index in [1.165, 1.54) is 12.8 Å². The van der Waals surface area contributed by atoms with Gasteiger partial charge in [-0.1, -0.05) is 6.92 Å². The zero-order valence-electron chi connectivity index (χ0n) is 14.5. The van der Waals surface area contributed by atoms with Gasteiger partial charge in [-0.25, -0.2) is 0 Å². The molecule has 2 aliphatic heterocycles. The molecule has 128 valence electrons. The standard InChI is InChI=1S/C17H33N3O2/c1-14(15-5-4-6-18-12-15)11-16(21)19-7-8-20-9-10-22-13-17(20,2)3/h14-15,18H,4-13H2,1-3H3,(H,19,21). The van der Waals surface area contributed by atoms with Crippen molar-refractivity contribution in [1.82, 2.24) is 15.5 Å². The maximum atomic E-state index is 12.1. The number of rotatable bonds is 6. The summed E-state index contributed by atoms with van der Waals surface area (Å²) in [6.45, 7) is 13.0. The lowest BCUT2D eigenvalue weighted by Gasteiger charge is -2.42. The first kappa shape index (κ1) is 17.7. The van der Waals surface area contributed by atoms with Crippen molar-refractivity contribution >= 4 is 5.91 Å². The van der Waals surface area contributed by atoms with Gasteiger partial charge in [0, 0.05) is 31.6 Å². The molecule has 5 nitrogen and oxygen atoms in total. The predicted octanol–water partition coefficient (Wildman–Crippen LogP) is 1.24. The molecule has 1 amide bonds. The monoisotopic (exact) mass is 311 g/mol. The molecular formula is C17H33N3O2. The number of carbonyl (C=O) groups excluding carboxylic acids is 1. The van der Waals surface area contributed by atoms with Crippen molar-refractivity contribution in [1.29, 1.82) is 0 Å². The van der Waals surface area contributed by atoms with E-state index in [2.05, 4.69) is 36.3 Å². The van der Waals surface area contributed by atoms with E-state index in [1.807, 2.05) is 0 Å². The molecule has 2 N–H and O–H groups in total. The van der Waals surface area contributed by atoms with Crippen LogP contribution in [0.2, 0.25) is 0 Å². The Morgan fingerprint density at radius 2 is 2.32 bits per heavy atom. The van der Waals surface area contributed by atoms with Crippen LogP contribution in [0.3, 0.4) is 0 Å². The topological polar surface area (TPSA) is 53.6 Å². The third kappa shape index (κ3) is 5.21. The average Bonchev–Trinajstić information content (AvgIpc) is 2.49. The molecule has 2 atom stereocenters. The van der Waals surface area contributed by atoms with Gasteiger partial charge in [0.2, 0.25) is 5.91 Å². The van der Waals surface area contributed by atoms with Crippen molar-refractivity contribution in [2.24, 2.45) is 11.8 Å². The molecule has 0 aromatic carbocycles. The molecule has 0 saturated carbocycles. The normalized spacial score (nSPS) is 27.3. The van der Waals surface area contributed by atoms with Crippen LogP contribution in [0.4, 0.5) is 0 Å². The predicted molar refractivity (Wildman–Crippen MR) is 88.9 cm³/mol. The maximum Gasteiger partial charge on any atom is 0.220 e. The zero-order valence-corrected chi connectivity index (χ0v) is 14.5. The highest BCUT2D eigenvalue weighted by Gasteiger charge is 2.30. The van der Waals surface area contributed by atoms with Gasteiger partial charge in [-0.2, -0.15) is 0 Å². The van der Waals surface area contributed by atoms with Crippen LogP contribution in [0.15, 0.2) is 0 Å². The van der Waals surface area contributed by atoms with E-state index in [4.69, 9.17) is 4.74 Å². The molecule has 0 bridgehead atoms. The Kier molecular flexibility index (Phi) is 6.66. The van der Waals surface area contributed by atoms with Gasteiger partial charge in [0.15, 0.2) is 0 Å². The molecule has 2 fully saturated rings. The summed E-state index contributed by atoms with van der Waals surface area (Å²) in [5.74, 6) is 1.31. The number of hydrogen-bond acceptors (Lipinski definition) is 4. The minimum atomic E-state index is 0.0734. The molecule has 2 rings (SSSR count). The Morgan fingerprint density at radius 1 is 1.50 bits per heavy atom. The summed E-state index contributed by atoms with van der Waals surface area (Å²) < 4.78 is 5.53. The lowest BCUT2D eigenvalue weighted by molar-refractivity contribution is -0.122. The molecule has 2 unspecified atom stereocenters. The smallest absolute Gasteiger partial charge is 0.220 e. The van der Waals surface area contributed by atoms with Crippen molar-refractivity contribution in [2.45, 2.75) is 45.6 Å². The van der Waals surface area contributed by atoms with Crippen molar-refractivity contribution in [3.8, 4) is 0 Å². The fourth-order valence-electron chi connectivity index (χ4n) is 3.53. The second-order valence-electron chi connectivity index (χ2n) is 7.49. The summed E-state index contributed by atoms with van der Waals surface area (Å²) in [4.78, 5) is 14.5. The number of carbonyl (C=O) groups is 1. The van der Waals surface area contributed by atoms with Gasteiger partial charge < -0.3 is 15.4 Å². The van der Waals surface area contributed by atoms with Gasteiger partial charge in [-0.05, 0) is 51.6 Å². The molecule has 0 spiro atoms. The Hall–Kier alpha value is -0.650. The maximum absolute atomic E-state index is 12.1. The minimum Gasteiger partial charge on any atom is -0.378 e. The second kappa shape index (κ2) is 8.27. The van der Waals surface area contributed by atoms with Crippen molar-refractivity contribution in [3.63, 3.8) is 0 Å². The van der Waals surface area contributed by atoms with E-state index in [-0.39, 0.29) is 11.4 Å². The Balaban J connectivity index is 1.64. The van der Waals surface area contributed by atoms with Crippen molar-refractivity contribution in [3.05, 3.63) is 0 Å². The molecule has 5 heteroatoms. The van der Waals surface area contributed by atoms with Crippen LogP contribution in [0, 0.1) is 11.8 Å². The number of morpholine rings is 1. The number of nitrogens with one attached hydrogen (secondary N) is 2. The van der Waals surface area contributed by atoms with Crippen LogP contribution in [0.1, 0.15) is 40.0 Å². The number of amides is 1. The first-order chi connectivity index (χ1) is 10.5. The second-order valence-corrected chi connectivity index (χ2v) is 7.49. The number of ether oxygens (including phenoxy) is 1. The van der Waals surface area contributed by atoms with Gasteiger partial charge >= 0.3 is 0 Å². The van der Waals surface area contributed by atoms with E-state index >= 15 is 0 Å². The molecular weight excluding hydrogens is 278 g/mol. The van der Waals surface area contributed by atoms with Crippen molar-refractivity contribution < 1.29 is 9.53 Å². The van der Waals surface area contributed by atoms with Crippen LogP contribution in [-0.2, 0) is 9.53 Å². The quantitative estimate of drug-likeness (QED) is 0.775. The molecule has 0 aliphatic carbocycles. The van der Waals surface area contributed by atoms with E-state index < -0.39 is 0 Å². The molecule has 22 heavy (non-hydrogen) atoms. The van der Waals surface area contributed by atoms with E-state index in [0.29, 0.717) is 18.3 Å². The lowest BCUT2D eigenvalue weighted by atomic mass is 9.85. The van der Waals surface area contributed by atoms with Crippen LogP contribution >= 0.6 is 0 Å². The van der Waals surface area contributed by atoms with Gasteiger partial charge in [-0.15, -0.1) is 0 Å². The highest BCUT2D eigenvalue weighted by Crippen LogP contribution is 2.22. The number of hydrogen-bond donors (Lipinski definition) is 2. The summed E-state index contributed by atoms with van der Waals surface area (Å²) in [5.41, 5.74) is 0.0734. The minimum absolute atomic E-state index is 0.0734. The molecule has 2 saturated heterocycles. The summed E-state index contributed by atoms with van der Waals surface area (Å²) in [6, 6.07) is 0. The fraction of sp³-hybridized carbons (Fsp3) is 0.941. The van der Waals surface area contributed by atoms with E-state index in [0.717, 1.165) is 45.9 Å². The van der Waals surface area contributed by atoms with Gasteiger partial charge in [-0.3, -0.25) is 9.69 Å². The summed E-state index contributed by atoms with van der Waals surface area (Å²) in [5, 5.41) is 6.53. The summed E-state index contributed by atoms with van der Waals surface area (Å²) >= 11 is 0. The highest BCUT2D eigenvalue weighted by atomic mass is 16.5. The van der Waals surface area contributed by atoms with Crippen LogP contribution < -0.4 is 10.6 Å². The molecule has 0 aromatic rings. The lowest BCUT2D eigenvalue weighted by Crippen LogP contribution is -2.54. The van der Waals surface area contributed by atoms with Crippen molar-refractivity contribution in [2.75, 3.05) is 45.9 Å². The average molecular weight is 311 g/mol. The van der Waals surface area contributed by atoms with Gasteiger partial charge in [0.1, 0.15) is 0 Å². The Morgan fingerprint density at radius 3 is 3.00 bits per heavy atom. The summed E-state index contributed by atoms with van der Waals surface area (Å²) in [6.07, 6.45) is 3.14. The SMILES string of the molecule is CC(CC(=O)NCCN1CCOCC1(C)C)C1CCCNC1. The highest BCUT2D eigenvalue weighted by molar-refractivity contribution is 5.76. The third-order valence-electron chi connectivity index (χ3n) is 5.17. The van der Waals surface area contributed by atoms with Crippen LogP contribution in [-0.4, -0.2) is 62.3 Å². The van der Waals surface area contributed by atoms with Gasteiger partial charge in [0.25, 0.3) is 0 Å². The number of piperidine rings is 1. The summed E-state index contributed by atoms with van der Waals surface area (Å²) in [7, 11) is 0. The first-order valence-electron chi connectivity index (χ1n) is 8.79. The molecule has 0 aromatic heterocycles. The number of nitrogens with zero attached hydrogens (tertiary/aromatic N) is 1. The first-order valence-corrected chi connectivity index (χ1v) is 8.79. The molecule has 2 heterocycles. The van der Waals surface area contributed by atoms with Gasteiger partial charge in [0.05, 0.1) is 13.2 Å².